The summed E-state index contributed by atoms with van der Waals surface area (Å²) in [6, 6.07) is 14.6. The van der Waals surface area contributed by atoms with Crippen molar-refractivity contribution < 1.29 is 4.74 Å². The Morgan fingerprint density at radius 2 is 1.80 bits per heavy atom. The minimum absolute atomic E-state index is 0.148. The Labute approximate surface area is 155 Å². The maximum absolute atomic E-state index is 11.6. The summed E-state index contributed by atoms with van der Waals surface area (Å²) in [7, 11) is 0. The summed E-state index contributed by atoms with van der Waals surface area (Å²) in [5.41, 5.74) is 2.31. The Balaban J connectivity index is 1.86. The van der Waals surface area contributed by atoms with Crippen LogP contribution in [0.1, 0.15) is 23.7 Å². The van der Waals surface area contributed by atoms with Crippen LogP contribution in [0.15, 0.2) is 53.3 Å². The van der Waals surface area contributed by atoms with Gasteiger partial charge >= 0.3 is 0 Å². The van der Waals surface area contributed by atoms with E-state index in [1.807, 2.05) is 37.3 Å². The molecule has 0 unspecified atom stereocenters. The molecule has 2 aromatic carbocycles. The summed E-state index contributed by atoms with van der Waals surface area (Å²) in [6.45, 7) is 1.94. The number of aromatic nitrogens is 2. The lowest BCUT2D eigenvalue weighted by Crippen LogP contribution is -2.15. The number of hydrogen-bond acceptors (Lipinski definition) is 3. The second kappa shape index (κ2) is 7.72. The average molecular weight is 375 g/mol. The van der Waals surface area contributed by atoms with E-state index < -0.39 is 0 Å². The first-order chi connectivity index (χ1) is 12.1. The molecule has 25 heavy (non-hydrogen) atoms. The van der Waals surface area contributed by atoms with Crippen LogP contribution in [0.4, 0.5) is 0 Å². The third kappa shape index (κ3) is 4.21. The van der Waals surface area contributed by atoms with Gasteiger partial charge in [-0.3, -0.25) is 4.79 Å². The minimum atomic E-state index is -0.148. The first-order valence-electron chi connectivity index (χ1n) is 7.85. The molecule has 0 aliphatic carbocycles. The molecule has 1 aromatic heterocycles. The molecule has 0 saturated heterocycles. The van der Waals surface area contributed by atoms with Crippen molar-refractivity contribution in [3.8, 4) is 11.5 Å². The smallest absolute Gasteiger partial charge is 0.267 e. The molecule has 1 heterocycles. The van der Waals surface area contributed by atoms with Crippen LogP contribution in [0.25, 0.3) is 0 Å². The zero-order valence-corrected chi connectivity index (χ0v) is 15.1. The summed E-state index contributed by atoms with van der Waals surface area (Å²) in [6.07, 6.45) is 1.21. The van der Waals surface area contributed by atoms with Crippen molar-refractivity contribution in [1.82, 2.24) is 10.2 Å². The molecule has 0 atom stereocenters. The molecule has 0 bridgehead atoms. The molecule has 0 aliphatic heterocycles. The molecule has 1 N–H and O–H groups in total. The number of nitrogens with zero attached hydrogens (tertiary/aromatic N) is 1. The van der Waals surface area contributed by atoms with E-state index in [1.165, 1.54) is 0 Å². The van der Waals surface area contributed by atoms with Gasteiger partial charge in [0.1, 0.15) is 11.5 Å². The Kier molecular flexibility index (Phi) is 5.41. The maximum atomic E-state index is 11.6. The van der Waals surface area contributed by atoms with E-state index in [-0.39, 0.29) is 5.56 Å². The van der Waals surface area contributed by atoms with Crippen LogP contribution in [0.5, 0.6) is 11.5 Å². The van der Waals surface area contributed by atoms with Crippen molar-refractivity contribution in [1.29, 1.82) is 0 Å². The van der Waals surface area contributed by atoms with Gasteiger partial charge in [0.2, 0.25) is 0 Å². The number of ether oxygens (including phenoxy) is 1. The van der Waals surface area contributed by atoms with Crippen LogP contribution in [0.2, 0.25) is 10.0 Å². The fourth-order valence-corrected chi connectivity index (χ4v) is 2.77. The van der Waals surface area contributed by atoms with Gasteiger partial charge in [-0.15, -0.1) is 0 Å². The average Bonchev–Trinajstić information content (AvgIpc) is 2.61. The topological polar surface area (TPSA) is 55.0 Å². The summed E-state index contributed by atoms with van der Waals surface area (Å²) < 4.78 is 5.84. The van der Waals surface area contributed by atoms with Crippen molar-refractivity contribution in [2.75, 3.05) is 0 Å². The van der Waals surface area contributed by atoms with Gasteiger partial charge < -0.3 is 4.74 Å². The predicted molar refractivity (Wildman–Crippen MR) is 100 cm³/mol. The summed E-state index contributed by atoms with van der Waals surface area (Å²) in [5, 5.41) is 7.64. The molecule has 0 aliphatic rings. The van der Waals surface area contributed by atoms with Gasteiger partial charge in [0.05, 0.1) is 15.7 Å². The summed E-state index contributed by atoms with van der Waals surface area (Å²) in [5.74, 6) is 1.06. The van der Waals surface area contributed by atoms with E-state index in [2.05, 4.69) is 10.2 Å². The van der Waals surface area contributed by atoms with Crippen LogP contribution < -0.4 is 10.3 Å². The highest BCUT2D eigenvalue weighted by Crippen LogP contribution is 2.34. The first kappa shape index (κ1) is 17.5. The number of benzene rings is 2. The Hall–Kier alpha value is -2.30. The number of nitrogens with one attached hydrogen (secondary N) is 1. The van der Waals surface area contributed by atoms with Gasteiger partial charge in [-0.1, -0.05) is 48.3 Å². The third-order valence-corrected chi connectivity index (χ3v) is 4.38. The third-order valence-electron chi connectivity index (χ3n) is 3.75. The highest BCUT2D eigenvalue weighted by atomic mass is 35.5. The van der Waals surface area contributed by atoms with E-state index in [4.69, 9.17) is 27.9 Å². The van der Waals surface area contributed by atoms with Gasteiger partial charge in [-0.2, -0.15) is 5.10 Å². The zero-order valence-electron chi connectivity index (χ0n) is 13.6. The quantitative estimate of drug-likeness (QED) is 0.681. The molecule has 0 amide bonds. The van der Waals surface area contributed by atoms with Crippen molar-refractivity contribution in [3.05, 3.63) is 85.8 Å². The monoisotopic (exact) mass is 374 g/mol. The van der Waals surface area contributed by atoms with E-state index in [0.29, 0.717) is 39.9 Å². The standard InChI is InChI=1S/C19H16Cl2N2O2/c1-2-13-11-14(22-23-19(13)24)9-12-7-8-16(21)18(10-12)25-17-6-4-3-5-15(17)20/h3-8,10-11H,2,9H2,1H3,(H,23,24). The van der Waals surface area contributed by atoms with E-state index >= 15 is 0 Å². The Bertz CT molecular complexity index is 954. The highest BCUT2D eigenvalue weighted by Gasteiger charge is 2.09. The van der Waals surface area contributed by atoms with Crippen molar-refractivity contribution >= 4 is 23.2 Å². The number of H-pyrrole nitrogens is 1. The number of aryl methyl sites for hydroxylation is 1. The highest BCUT2D eigenvalue weighted by molar-refractivity contribution is 6.32. The molecule has 128 valence electrons. The zero-order chi connectivity index (χ0) is 17.8. The van der Waals surface area contributed by atoms with Gasteiger partial charge in [0, 0.05) is 12.0 Å². The Morgan fingerprint density at radius 1 is 1.04 bits per heavy atom. The van der Waals surface area contributed by atoms with Crippen LogP contribution in [-0.4, -0.2) is 10.2 Å². The largest absolute Gasteiger partial charge is 0.454 e. The van der Waals surface area contributed by atoms with Gasteiger partial charge in [0.15, 0.2) is 0 Å². The molecule has 3 rings (SSSR count). The maximum Gasteiger partial charge on any atom is 0.267 e. The van der Waals surface area contributed by atoms with Crippen molar-refractivity contribution in [2.24, 2.45) is 0 Å². The summed E-state index contributed by atoms with van der Waals surface area (Å²) in [4.78, 5) is 11.6. The van der Waals surface area contributed by atoms with Gasteiger partial charge in [-0.05, 0) is 42.3 Å². The number of halogens is 2. The van der Waals surface area contributed by atoms with Crippen LogP contribution in [0, 0.1) is 0 Å². The fraction of sp³-hybridized carbons (Fsp3) is 0.158. The van der Waals surface area contributed by atoms with Gasteiger partial charge in [0.25, 0.3) is 5.56 Å². The number of para-hydroxylation sites is 1. The first-order valence-corrected chi connectivity index (χ1v) is 8.60. The molecular formula is C19H16Cl2N2O2. The molecule has 0 spiro atoms. The second-order valence-electron chi connectivity index (χ2n) is 5.54. The molecule has 0 fully saturated rings. The van der Waals surface area contributed by atoms with Crippen LogP contribution >= 0.6 is 23.2 Å². The number of rotatable bonds is 5. The van der Waals surface area contributed by atoms with Gasteiger partial charge in [-0.25, -0.2) is 5.10 Å². The lowest BCUT2D eigenvalue weighted by molar-refractivity contribution is 0.482. The lowest BCUT2D eigenvalue weighted by Gasteiger charge is -2.11. The Morgan fingerprint density at radius 3 is 2.56 bits per heavy atom. The minimum Gasteiger partial charge on any atom is -0.454 e. The summed E-state index contributed by atoms with van der Waals surface area (Å²) >= 11 is 12.4. The van der Waals surface area contributed by atoms with E-state index in [0.717, 1.165) is 11.3 Å². The number of aromatic amines is 1. The van der Waals surface area contributed by atoms with Crippen molar-refractivity contribution in [3.63, 3.8) is 0 Å². The second-order valence-corrected chi connectivity index (χ2v) is 6.36. The lowest BCUT2D eigenvalue weighted by atomic mass is 10.1. The van der Waals surface area contributed by atoms with Crippen molar-refractivity contribution in [2.45, 2.75) is 19.8 Å². The molecule has 0 saturated carbocycles. The van der Waals surface area contributed by atoms with E-state index in [9.17, 15) is 4.79 Å². The number of hydrogen-bond donors (Lipinski definition) is 1. The van der Waals surface area contributed by atoms with Crippen LogP contribution in [-0.2, 0) is 12.8 Å². The van der Waals surface area contributed by atoms with E-state index in [1.54, 1.807) is 18.2 Å². The molecule has 3 aromatic rings. The normalized spacial score (nSPS) is 10.7. The molecular weight excluding hydrogens is 359 g/mol. The molecule has 4 nitrogen and oxygen atoms in total. The SMILES string of the molecule is CCc1cc(Cc2ccc(Cl)c(Oc3ccccc3Cl)c2)n[nH]c1=O. The van der Waals surface area contributed by atoms with Crippen LogP contribution in [0.3, 0.4) is 0 Å². The molecule has 0 radical (unpaired) electrons. The molecule has 6 heteroatoms. The fourth-order valence-electron chi connectivity index (χ4n) is 2.44. The predicted octanol–water partition coefficient (Wildman–Crippen LogP) is 5.02.